The van der Waals surface area contributed by atoms with Gasteiger partial charge in [-0.3, -0.25) is 4.79 Å². The zero-order valence-electron chi connectivity index (χ0n) is 17.3. The van der Waals surface area contributed by atoms with Gasteiger partial charge in [-0.05, 0) is 47.4 Å². The van der Waals surface area contributed by atoms with Crippen LogP contribution in [0.25, 0.3) is 0 Å². The third kappa shape index (κ3) is 5.03. The molecular weight excluding hydrogens is 428 g/mol. The van der Waals surface area contributed by atoms with E-state index in [4.69, 9.17) is 21.4 Å². The van der Waals surface area contributed by atoms with Gasteiger partial charge in [-0.2, -0.15) is 0 Å². The summed E-state index contributed by atoms with van der Waals surface area (Å²) in [6, 6.07) is 23.7. The van der Waals surface area contributed by atoms with Crippen LogP contribution in [0.5, 0.6) is 5.75 Å². The topological polar surface area (TPSA) is 78.9 Å². The van der Waals surface area contributed by atoms with Crippen LogP contribution in [0, 0.1) is 0 Å². The highest BCUT2D eigenvalue weighted by atomic mass is 35.5. The normalized spacial score (nSPS) is 16.6. The van der Waals surface area contributed by atoms with Gasteiger partial charge in [-0.1, -0.05) is 66.2 Å². The molecule has 3 aromatic rings. The highest BCUT2D eigenvalue weighted by Gasteiger charge is 2.38. The minimum Gasteiger partial charge on any atom is -0.489 e. The summed E-state index contributed by atoms with van der Waals surface area (Å²) in [5.41, 5.74) is 2.77. The number of hydrogen-bond donors (Lipinski definition) is 2. The Kier molecular flexibility index (Phi) is 6.61. The van der Waals surface area contributed by atoms with Gasteiger partial charge >= 0.3 is 6.09 Å². The summed E-state index contributed by atoms with van der Waals surface area (Å²) in [5, 5.41) is 11.9. The molecule has 6 nitrogen and oxygen atoms in total. The van der Waals surface area contributed by atoms with E-state index in [0.29, 0.717) is 30.3 Å². The summed E-state index contributed by atoms with van der Waals surface area (Å²) in [6.45, 7) is 0.857. The number of halogens is 1. The molecule has 4 rings (SSSR count). The Morgan fingerprint density at radius 1 is 1.06 bits per heavy atom. The average Bonchev–Trinajstić information content (AvgIpc) is 3.13. The van der Waals surface area contributed by atoms with Gasteiger partial charge in [-0.15, -0.1) is 0 Å². The second kappa shape index (κ2) is 9.75. The highest BCUT2D eigenvalue weighted by Crippen LogP contribution is 2.35. The number of benzene rings is 3. The monoisotopic (exact) mass is 450 g/mol. The fourth-order valence-electron chi connectivity index (χ4n) is 3.99. The van der Waals surface area contributed by atoms with Crippen molar-refractivity contribution in [2.24, 2.45) is 0 Å². The van der Waals surface area contributed by atoms with Crippen LogP contribution in [0.2, 0.25) is 5.02 Å². The zero-order valence-corrected chi connectivity index (χ0v) is 18.0. The lowest BCUT2D eigenvalue weighted by atomic mass is 9.97. The van der Waals surface area contributed by atoms with Crippen LogP contribution in [0.1, 0.15) is 29.2 Å². The molecule has 1 aliphatic heterocycles. The molecule has 2 amide bonds. The van der Waals surface area contributed by atoms with Crippen LogP contribution >= 0.6 is 11.6 Å². The SMILES string of the molecule is O=C(O)NC1CCN(C(c2cccc(Cl)c2)c2cccc(OCc3ccccc3)c2)C1=O. The molecule has 2 N–H and O–H groups in total. The molecule has 32 heavy (non-hydrogen) atoms. The van der Waals surface area contributed by atoms with E-state index in [1.54, 1.807) is 11.0 Å². The minimum atomic E-state index is -1.21. The van der Waals surface area contributed by atoms with E-state index in [9.17, 15) is 9.59 Å². The molecule has 1 aliphatic rings. The van der Waals surface area contributed by atoms with Crippen molar-refractivity contribution in [1.29, 1.82) is 0 Å². The van der Waals surface area contributed by atoms with Gasteiger partial charge in [-0.25, -0.2) is 4.79 Å². The number of carboxylic acid groups (broad SMARTS) is 1. The molecule has 0 radical (unpaired) electrons. The number of carbonyl (C=O) groups excluding carboxylic acids is 1. The van der Waals surface area contributed by atoms with E-state index in [0.717, 1.165) is 16.7 Å². The fourth-order valence-corrected chi connectivity index (χ4v) is 4.18. The Balaban J connectivity index is 1.63. The molecule has 3 aromatic carbocycles. The van der Waals surface area contributed by atoms with Crippen molar-refractivity contribution in [3.8, 4) is 5.75 Å². The Hall–Kier alpha value is -3.51. The summed E-state index contributed by atoms with van der Waals surface area (Å²) in [7, 11) is 0. The van der Waals surface area contributed by atoms with Crippen molar-refractivity contribution in [1.82, 2.24) is 10.2 Å². The zero-order chi connectivity index (χ0) is 22.5. The predicted molar refractivity (Wildman–Crippen MR) is 122 cm³/mol. The van der Waals surface area contributed by atoms with Crippen molar-refractivity contribution < 1.29 is 19.4 Å². The van der Waals surface area contributed by atoms with Crippen LogP contribution in [0.4, 0.5) is 4.79 Å². The number of rotatable bonds is 7. The van der Waals surface area contributed by atoms with Gasteiger partial charge in [0.25, 0.3) is 0 Å². The largest absolute Gasteiger partial charge is 0.489 e. The number of likely N-dealkylation sites (tertiary alicyclic amines) is 1. The lowest BCUT2D eigenvalue weighted by Crippen LogP contribution is -2.42. The first-order valence-corrected chi connectivity index (χ1v) is 10.7. The maximum atomic E-state index is 13.0. The summed E-state index contributed by atoms with van der Waals surface area (Å²) in [5.74, 6) is 0.429. The van der Waals surface area contributed by atoms with Gasteiger partial charge < -0.3 is 20.1 Å². The lowest BCUT2D eigenvalue weighted by Gasteiger charge is -2.29. The Morgan fingerprint density at radius 2 is 1.78 bits per heavy atom. The van der Waals surface area contributed by atoms with Crippen LogP contribution in [-0.4, -0.2) is 34.6 Å². The maximum Gasteiger partial charge on any atom is 0.405 e. The quantitative estimate of drug-likeness (QED) is 0.538. The van der Waals surface area contributed by atoms with E-state index in [1.165, 1.54) is 0 Å². The molecule has 0 spiro atoms. The van der Waals surface area contributed by atoms with Crippen molar-refractivity contribution in [3.63, 3.8) is 0 Å². The average molecular weight is 451 g/mol. The van der Waals surface area contributed by atoms with Crippen molar-refractivity contribution in [2.45, 2.75) is 25.1 Å². The van der Waals surface area contributed by atoms with E-state index in [-0.39, 0.29) is 5.91 Å². The summed E-state index contributed by atoms with van der Waals surface area (Å²) >= 11 is 6.25. The molecule has 0 aromatic heterocycles. The highest BCUT2D eigenvalue weighted by molar-refractivity contribution is 6.30. The van der Waals surface area contributed by atoms with Gasteiger partial charge in [0.1, 0.15) is 18.4 Å². The van der Waals surface area contributed by atoms with E-state index in [2.05, 4.69) is 5.32 Å². The molecule has 7 heteroatoms. The molecule has 1 fully saturated rings. The van der Waals surface area contributed by atoms with E-state index < -0.39 is 18.2 Å². The van der Waals surface area contributed by atoms with Gasteiger partial charge in [0.05, 0.1) is 6.04 Å². The van der Waals surface area contributed by atoms with Crippen molar-refractivity contribution in [2.75, 3.05) is 6.54 Å². The summed E-state index contributed by atoms with van der Waals surface area (Å²) < 4.78 is 5.99. The number of amides is 2. The molecule has 2 atom stereocenters. The minimum absolute atomic E-state index is 0.256. The number of carbonyl (C=O) groups is 2. The second-order valence-corrected chi connectivity index (χ2v) is 8.06. The first-order valence-electron chi connectivity index (χ1n) is 10.3. The fraction of sp³-hybridized carbons (Fsp3) is 0.200. The van der Waals surface area contributed by atoms with Crippen molar-refractivity contribution >= 4 is 23.6 Å². The third-order valence-corrected chi connectivity index (χ3v) is 5.67. The maximum absolute atomic E-state index is 13.0. The van der Waals surface area contributed by atoms with E-state index in [1.807, 2.05) is 72.8 Å². The standard InChI is InChI=1S/C25H23ClN2O4/c26-20-10-4-8-18(14-20)23(28-13-12-22(24(28)29)27-25(30)31)19-9-5-11-21(15-19)32-16-17-6-2-1-3-7-17/h1-11,14-15,22-23,27H,12-13,16H2,(H,30,31). The van der Waals surface area contributed by atoms with Crippen LogP contribution in [-0.2, 0) is 11.4 Å². The second-order valence-electron chi connectivity index (χ2n) is 7.63. The van der Waals surface area contributed by atoms with Gasteiger partial charge in [0.2, 0.25) is 5.91 Å². The number of nitrogens with one attached hydrogen (secondary N) is 1. The van der Waals surface area contributed by atoms with Crippen LogP contribution in [0.15, 0.2) is 78.9 Å². The Morgan fingerprint density at radius 3 is 2.50 bits per heavy atom. The lowest BCUT2D eigenvalue weighted by molar-refractivity contribution is -0.130. The third-order valence-electron chi connectivity index (χ3n) is 5.44. The summed E-state index contributed by atoms with van der Waals surface area (Å²) in [6.07, 6.45) is -0.798. The Bertz CT molecular complexity index is 1110. The number of nitrogens with zero attached hydrogens (tertiary/aromatic N) is 1. The molecule has 0 bridgehead atoms. The predicted octanol–water partition coefficient (Wildman–Crippen LogP) is 4.88. The number of hydrogen-bond acceptors (Lipinski definition) is 3. The molecule has 1 saturated heterocycles. The Labute approximate surface area is 191 Å². The van der Waals surface area contributed by atoms with Crippen LogP contribution in [0.3, 0.4) is 0 Å². The molecule has 1 heterocycles. The summed E-state index contributed by atoms with van der Waals surface area (Å²) in [4.78, 5) is 25.8. The first-order chi connectivity index (χ1) is 15.5. The van der Waals surface area contributed by atoms with Gasteiger partial charge in [0, 0.05) is 11.6 Å². The molecule has 0 saturated carbocycles. The smallest absolute Gasteiger partial charge is 0.405 e. The van der Waals surface area contributed by atoms with Gasteiger partial charge in [0.15, 0.2) is 0 Å². The molecule has 164 valence electrons. The molecule has 0 aliphatic carbocycles. The van der Waals surface area contributed by atoms with Crippen molar-refractivity contribution in [3.05, 3.63) is 101 Å². The molecular formula is C25H23ClN2O4. The van der Waals surface area contributed by atoms with Crippen LogP contribution < -0.4 is 10.1 Å². The van der Waals surface area contributed by atoms with E-state index >= 15 is 0 Å². The first kappa shape index (κ1) is 21.7. The molecule has 2 unspecified atom stereocenters. The number of ether oxygens (including phenoxy) is 1.